The number of ether oxygens (including phenoxy) is 1. The summed E-state index contributed by atoms with van der Waals surface area (Å²) in [6.07, 6.45) is 5.35. The molecule has 0 N–H and O–H groups in total. The van der Waals surface area contributed by atoms with Crippen molar-refractivity contribution in [3.05, 3.63) is 66.1 Å². The third kappa shape index (κ3) is 4.11. The van der Waals surface area contributed by atoms with Gasteiger partial charge in [0, 0.05) is 27.9 Å². The Morgan fingerprint density at radius 3 is 2.55 bits per heavy atom. The number of carbonyl (C=O) groups is 1. The van der Waals surface area contributed by atoms with Crippen LogP contribution < -0.4 is 11.2 Å². The second-order valence-electron chi connectivity index (χ2n) is 9.67. The first-order chi connectivity index (χ1) is 15.7. The summed E-state index contributed by atoms with van der Waals surface area (Å²) in [5.41, 5.74) is 0.463. The third-order valence-corrected chi connectivity index (χ3v) is 8.27. The summed E-state index contributed by atoms with van der Waals surface area (Å²) in [6.45, 7) is 4.32. The number of benzene rings is 1. The Hall–Kier alpha value is -2.22. The van der Waals surface area contributed by atoms with Gasteiger partial charge in [-0.2, -0.15) is 0 Å². The molecule has 0 spiro atoms. The summed E-state index contributed by atoms with van der Waals surface area (Å²) in [7, 11) is 0. The molecule has 3 aromatic rings. The Balaban J connectivity index is 1.71. The summed E-state index contributed by atoms with van der Waals surface area (Å²) in [4.78, 5) is 42.1. The summed E-state index contributed by atoms with van der Waals surface area (Å²) in [5, 5.41) is 1.13. The number of aromatic nitrogens is 2. The molecule has 1 fully saturated rings. The molecule has 0 radical (unpaired) electrons. The molecule has 8 heteroatoms. The third-order valence-electron chi connectivity index (χ3n) is 6.79. The first-order valence-corrected chi connectivity index (χ1v) is 12.7. The van der Waals surface area contributed by atoms with E-state index < -0.39 is 0 Å². The summed E-state index contributed by atoms with van der Waals surface area (Å²) in [6, 6.07) is 6.54. The van der Waals surface area contributed by atoms with Gasteiger partial charge in [-0.05, 0) is 56.5 Å². The second-order valence-corrected chi connectivity index (χ2v) is 11.2. The van der Waals surface area contributed by atoms with E-state index in [1.54, 1.807) is 24.3 Å². The lowest BCUT2D eigenvalue weighted by Gasteiger charge is -2.30. The summed E-state index contributed by atoms with van der Waals surface area (Å²) < 4.78 is 8.92. The number of thiophene rings is 1. The van der Waals surface area contributed by atoms with Crippen LogP contribution >= 0.6 is 22.9 Å². The number of hydrogen-bond donors (Lipinski definition) is 0. The van der Waals surface area contributed by atoms with E-state index in [2.05, 4.69) is 0 Å². The van der Waals surface area contributed by atoms with E-state index in [4.69, 9.17) is 16.3 Å². The van der Waals surface area contributed by atoms with Gasteiger partial charge in [0.1, 0.15) is 4.83 Å². The molecule has 0 unspecified atom stereocenters. The van der Waals surface area contributed by atoms with Crippen LogP contribution in [0, 0.1) is 0 Å². The molecule has 0 atom stereocenters. The van der Waals surface area contributed by atoms with Crippen LogP contribution in [0.2, 0.25) is 5.02 Å². The highest BCUT2D eigenvalue weighted by atomic mass is 35.5. The van der Waals surface area contributed by atoms with Crippen molar-refractivity contribution in [2.24, 2.45) is 0 Å². The molecule has 2 aromatic heterocycles. The summed E-state index contributed by atoms with van der Waals surface area (Å²) in [5.74, 6) is -0.188. The van der Waals surface area contributed by atoms with Crippen molar-refractivity contribution in [2.45, 2.75) is 77.2 Å². The van der Waals surface area contributed by atoms with Crippen molar-refractivity contribution in [1.82, 2.24) is 9.13 Å². The van der Waals surface area contributed by atoms with Crippen molar-refractivity contribution in [3.63, 3.8) is 0 Å². The average molecular weight is 487 g/mol. The maximum absolute atomic E-state index is 13.8. The predicted molar refractivity (Wildman–Crippen MR) is 131 cm³/mol. The first-order valence-electron chi connectivity index (χ1n) is 11.5. The number of nitrogens with zero attached hydrogens (tertiary/aromatic N) is 2. The second kappa shape index (κ2) is 8.53. The number of carbonyl (C=O) groups excluding carboxylic acids is 1. The van der Waals surface area contributed by atoms with Crippen LogP contribution in [-0.4, -0.2) is 20.5 Å². The van der Waals surface area contributed by atoms with E-state index in [-0.39, 0.29) is 35.2 Å². The van der Waals surface area contributed by atoms with Crippen molar-refractivity contribution in [3.8, 4) is 0 Å². The lowest BCUT2D eigenvalue weighted by atomic mass is 9.93. The Kier molecular flexibility index (Phi) is 5.83. The fourth-order valence-electron chi connectivity index (χ4n) is 5.05. The minimum Gasteiger partial charge on any atom is -0.370 e. The molecule has 1 aliphatic heterocycles. The van der Waals surface area contributed by atoms with E-state index >= 15 is 0 Å². The lowest BCUT2D eigenvalue weighted by molar-refractivity contribution is -0.0379. The zero-order chi connectivity index (χ0) is 23.3. The minimum atomic E-state index is -0.388. The number of Topliss-reactive ketones (excluding diaryl/α,β-unsaturated/α-hetero) is 1. The van der Waals surface area contributed by atoms with E-state index in [1.807, 2.05) is 13.8 Å². The van der Waals surface area contributed by atoms with Crippen LogP contribution in [0.1, 0.15) is 72.8 Å². The lowest BCUT2D eigenvalue weighted by Crippen LogP contribution is -2.43. The average Bonchev–Trinajstić information content (AvgIpc) is 3.15. The van der Waals surface area contributed by atoms with Crippen molar-refractivity contribution >= 4 is 38.9 Å². The number of halogens is 1. The Bertz CT molecular complexity index is 1340. The zero-order valence-corrected chi connectivity index (χ0v) is 20.4. The molecule has 1 aromatic carbocycles. The van der Waals surface area contributed by atoms with Crippen LogP contribution in [0.4, 0.5) is 0 Å². The van der Waals surface area contributed by atoms with Crippen LogP contribution in [0.15, 0.2) is 33.9 Å². The Labute approximate surface area is 200 Å². The van der Waals surface area contributed by atoms with Crippen LogP contribution in [-0.2, 0) is 24.3 Å². The largest absolute Gasteiger partial charge is 0.370 e. The van der Waals surface area contributed by atoms with E-state index in [9.17, 15) is 14.4 Å². The fourth-order valence-corrected chi connectivity index (χ4v) is 6.39. The normalized spacial score (nSPS) is 18.4. The predicted octanol–water partition coefficient (Wildman–Crippen LogP) is 5.12. The highest BCUT2D eigenvalue weighted by Gasteiger charge is 2.33. The first kappa shape index (κ1) is 22.6. The van der Waals surface area contributed by atoms with Gasteiger partial charge in [-0.15, -0.1) is 11.3 Å². The quantitative estimate of drug-likeness (QED) is 0.480. The maximum atomic E-state index is 13.8. The monoisotopic (exact) mass is 486 g/mol. The van der Waals surface area contributed by atoms with Crippen LogP contribution in [0.3, 0.4) is 0 Å². The highest BCUT2D eigenvalue weighted by molar-refractivity contribution is 7.18. The fraction of sp³-hybridized carbons (Fsp3) is 0.480. The zero-order valence-electron chi connectivity index (χ0n) is 18.9. The smallest absolute Gasteiger partial charge is 0.332 e. The topological polar surface area (TPSA) is 70.3 Å². The molecular weight excluding hydrogens is 460 g/mol. The number of ketones is 1. The van der Waals surface area contributed by atoms with Gasteiger partial charge in [-0.25, -0.2) is 4.79 Å². The van der Waals surface area contributed by atoms with E-state index in [0.717, 1.165) is 42.5 Å². The van der Waals surface area contributed by atoms with Gasteiger partial charge in [0.15, 0.2) is 5.78 Å². The molecule has 6 nitrogen and oxygen atoms in total. The van der Waals surface area contributed by atoms with Gasteiger partial charge >= 0.3 is 5.69 Å². The van der Waals surface area contributed by atoms with Gasteiger partial charge in [0.05, 0.1) is 24.1 Å². The van der Waals surface area contributed by atoms with Crippen LogP contribution in [0.5, 0.6) is 0 Å². The number of rotatable bonds is 4. The molecule has 0 bridgehead atoms. The summed E-state index contributed by atoms with van der Waals surface area (Å²) >= 11 is 7.37. The molecule has 3 heterocycles. The van der Waals surface area contributed by atoms with Crippen molar-refractivity contribution in [1.29, 1.82) is 0 Å². The van der Waals surface area contributed by atoms with Gasteiger partial charge in [-0.1, -0.05) is 30.9 Å². The molecule has 2 aliphatic rings. The molecule has 5 rings (SSSR count). The molecule has 0 amide bonds. The standard InChI is InChI=1S/C25H27ClN2O4S/c1-25(2)12-18-20(14-32-25)33-23-21(18)22(30)28(17-6-4-3-5-7-17)24(31)27(23)13-19(29)15-8-10-16(26)11-9-15/h8-11,17H,3-7,12-14H2,1-2H3. The molecule has 33 heavy (non-hydrogen) atoms. The van der Waals surface area contributed by atoms with Gasteiger partial charge in [0.2, 0.25) is 0 Å². The molecule has 174 valence electrons. The van der Waals surface area contributed by atoms with Crippen molar-refractivity contribution in [2.75, 3.05) is 0 Å². The van der Waals surface area contributed by atoms with Crippen LogP contribution in [0.25, 0.3) is 10.2 Å². The van der Waals surface area contributed by atoms with E-state index in [1.165, 1.54) is 20.5 Å². The molecular formula is C25H27ClN2O4S. The van der Waals surface area contributed by atoms with E-state index in [0.29, 0.717) is 33.8 Å². The molecule has 0 saturated heterocycles. The maximum Gasteiger partial charge on any atom is 0.332 e. The molecule has 1 saturated carbocycles. The van der Waals surface area contributed by atoms with Gasteiger partial charge in [-0.3, -0.25) is 18.7 Å². The van der Waals surface area contributed by atoms with Gasteiger partial charge in [0.25, 0.3) is 5.56 Å². The Morgan fingerprint density at radius 1 is 1.15 bits per heavy atom. The SMILES string of the molecule is CC1(C)Cc2c(sc3c2c(=O)n(C2CCCCC2)c(=O)n3CC(=O)c2ccc(Cl)cc2)CO1. The van der Waals surface area contributed by atoms with Gasteiger partial charge < -0.3 is 4.74 Å². The van der Waals surface area contributed by atoms with Crippen molar-refractivity contribution < 1.29 is 9.53 Å². The number of fused-ring (bicyclic) bond motifs is 3. The highest BCUT2D eigenvalue weighted by Crippen LogP contribution is 2.38. The minimum absolute atomic E-state index is 0.117. The number of hydrogen-bond acceptors (Lipinski definition) is 5. The Morgan fingerprint density at radius 2 is 1.85 bits per heavy atom. The molecule has 1 aliphatic carbocycles.